The first-order valence-corrected chi connectivity index (χ1v) is 12.9. The van der Waals surface area contributed by atoms with E-state index in [-0.39, 0.29) is 48.1 Å². The quantitative estimate of drug-likeness (QED) is 0.341. The Balaban J connectivity index is 1.24. The lowest BCUT2D eigenvalue weighted by Crippen LogP contribution is -2.77. The maximum Gasteiger partial charge on any atom is 0.334 e. The normalized spacial score (nSPS) is 51.9. The molecule has 3 saturated heterocycles. The Morgan fingerprint density at radius 3 is 2.66 bits per heavy atom. The zero-order chi connectivity index (χ0) is 24.2. The minimum Gasteiger partial charge on any atom is -0.458 e. The number of fused-ring (bicyclic) bond motifs is 4. The van der Waals surface area contributed by atoms with Crippen molar-refractivity contribution in [1.82, 2.24) is 0 Å². The van der Waals surface area contributed by atoms with E-state index in [0.29, 0.717) is 18.7 Å². The average molecular weight is 481 g/mol. The lowest BCUT2D eigenvalue weighted by Gasteiger charge is -2.56. The highest BCUT2D eigenvalue weighted by Gasteiger charge is 3.04. The molecular weight excluding hydrogens is 448 g/mol. The fourth-order valence-electron chi connectivity index (χ4n) is 9.18. The fourth-order valence-corrected chi connectivity index (χ4v) is 9.18. The summed E-state index contributed by atoms with van der Waals surface area (Å²) in [6.45, 7) is 7.17. The third-order valence-electron chi connectivity index (χ3n) is 10.8. The van der Waals surface area contributed by atoms with Gasteiger partial charge in [-0.2, -0.15) is 0 Å². The second-order valence-electron chi connectivity index (χ2n) is 12.2. The van der Waals surface area contributed by atoms with Gasteiger partial charge in [-0.15, -0.1) is 0 Å². The summed E-state index contributed by atoms with van der Waals surface area (Å²) < 4.78 is 25.4. The number of hydrogen-bond acceptors (Lipinski definition) is 8. The van der Waals surface area contributed by atoms with Gasteiger partial charge < -0.3 is 35.1 Å². The third kappa shape index (κ3) is 1.98. The monoisotopic (exact) mass is 480 g/mol. The van der Waals surface area contributed by atoms with Crippen LogP contribution >= 0.6 is 0 Å². The molecule has 1 aromatic rings. The largest absolute Gasteiger partial charge is 0.458 e. The van der Waals surface area contributed by atoms with Gasteiger partial charge in [-0.1, -0.05) is 20.8 Å². The van der Waals surface area contributed by atoms with Crippen molar-refractivity contribution in [2.45, 2.75) is 80.7 Å². The average Bonchev–Trinajstić information content (AvgIpc) is 3.72. The highest BCUT2D eigenvalue weighted by atomic mass is 16.7. The van der Waals surface area contributed by atoms with Crippen molar-refractivity contribution in [3.8, 4) is 0 Å². The number of carbonyl (C=O) groups is 1. The van der Waals surface area contributed by atoms with E-state index in [9.17, 15) is 9.90 Å². The van der Waals surface area contributed by atoms with E-state index >= 15 is 0 Å². The predicted molar refractivity (Wildman–Crippen MR) is 125 cm³/mol. The number of carbonyl (C=O) groups excluding carboxylic acids is 1. The Morgan fingerprint density at radius 2 is 1.91 bits per heavy atom. The SMILES string of the molecule is CC(C)[C@]12O[C@H]1[C@@H]1O[C@]13[C@]1(O[C@H]1C[C@H]1C4=C(CC[C@@]13C)C(=O)OC4)[C@]2(O)CNc1ccc(N)cc1. The van der Waals surface area contributed by atoms with Crippen molar-refractivity contribution in [3.05, 3.63) is 35.4 Å². The van der Waals surface area contributed by atoms with Gasteiger partial charge in [-0.05, 0) is 60.9 Å². The van der Waals surface area contributed by atoms with Gasteiger partial charge in [0.2, 0.25) is 0 Å². The summed E-state index contributed by atoms with van der Waals surface area (Å²) in [7, 11) is 0. The predicted octanol–water partition coefficient (Wildman–Crippen LogP) is 2.17. The van der Waals surface area contributed by atoms with Crippen LogP contribution in [0.1, 0.15) is 40.0 Å². The molecule has 2 saturated carbocycles. The standard InChI is InChI=1S/C27H32N2O6/c1-13(2)25-20(34-25)21-27(35-21)23(3)9-8-16-17(11-32-22(16)30)18(23)10-19-26(27,33-19)24(25,31)12-29-15-6-4-14(28)5-7-15/h4-7,13,18-21,29,31H,8-12,28H2,1-3H3/t18-,19-,20-,21-,23-,24-,25-,26+,27+/m0/s1. The Labute approximate surface area is 204 Å². The molecule has 0 bridgehead atoms. The zero-order valence-corrected chi connectivity index (χ0v) is 20.3. The highest BCUT2D eigenvalue weighted by molar-refractivity contribution is 5.92. The number of hydrogen-bond donors (Lipinski definition) is 3. The number of epoxide rings is 3. The number of benzene rings is 1. The van der Waals surface area contributed by atoms with Crippen LogP contribution in [0.2, 0.25) is 0 Å². The van der Waals surface area contributed by atoms with Crippen LogP contribution in [-0.4, -0.2) is 64.9 Å². The van der Waals surface area contributed by atoms with E-state index in [2.05, 4.69) is 26.1 Å². The topological polar surface area (TPSA) is 122 Å². The first kappa shape index (κ1) is 21.0. The van der Waals surface area contributed by atoms with Gasteiger partial charge in [0.05, 0.1) is 6.10 Å². The van der Waals surface area contributed by atoms with E-state index in [1.807, 2.05) is 24.3 Å². The molecule has 186 valence electrons. The summed E-state index contributed by atoms with van der Waals surface area (Å²) in [5.41, 5.74) is 5.64. The van der Waals surface area contributed by atoms with Crippen LogP contribution in [0, 0.1) is 17.3 Å². The number of nitrogens with two attached hydrogens (primary N) is 1. The minimum atomic E-state index is -1.29. The molecule has 35 heavy (non-hydrogen) atoms. The van der Waals surface area contributed by atoms with Gasteiger partial charge in [-0.25, -0.2) is 4.79 Å². The molecule has 5 fully saturated rings. The molecule has 3 aliphatic carbocycles. The maximum atomic E-state index is 12.8. The molecule has 0 amide bonds. The Bertz CT molecular complexity index is 1210. The van der Waals surface area contributed by atoms with E-state index in [0.717, 1.165) is 29.7 Å². The Morgan fingerprint density at radius 1 is 1.14 bits per heavy atom. The van der Waals surface area contributed by atoms with E-state index in [1.54, 1.807) is 0 Å². The highest BCUT2D eigenvalue weighted by Crippen LogP contribution is 2.85. The van der Waals surface area contributed by atoms with Crippen LogP contribution in [-0.2, 0) is 23.7 Å². The van der Waals surface area contributed by atoms with Gasteiger partial charge in [-0.3, -0.25) is 0 Å². The van der Waals surface area contributed by atoms with Crippen molar-refractivity contribution >= 4 is 17.3 Å². The number of aliphatic hydroxyl groups is 1. The first-order valence-electron chi connectivity index (χ1n) is 12.9. The number of nitrogen functional groups attached to an aromatic ring is 1. The molecule has 0 aromatic heterocycles. The van der Waals surface area contributed by atoms with E-state index in [4.69, 9.17) is 24.7 Å². The minimum absolute atomic E-state index is 0.0826. The summed E-state index contributed by atoms with van der Waals surface area (Å²) in [4.78, 5) is 12.4. The number of rotatable bonds is 4. The summed E-state index contributed by atoms with van der Waals surface area (Å²) in [5.74, 6) is 0.0562. The summed E-state index contributed by atoms with van der Waals surface area (Å²) >= 11 is 0. The molecule has 0 radical (unpaired) electrons. The molecule has 8 nitrogen and oxygen atoms in total. The molecule has 0 unspecified atom stereocenters. The molecule has 4 N–H and O–H groups in total. The molecule has 2 spiro atoms. The lowest BCUT2D eigenvalue weighted by molar-refractivity contribution is -0.159. The van der Waals surface area contributed by atoms with Gasteiger partial charge in [0.15, 0.2) is 5.60 Å². The fraction of sp³-hybridized carbons (Fsp3) is 0.667. The molecule has 1 aromatic carbocycles. The van der Waals surface area contributed by atoms with E-state index < -0.39 is 22.4 Å². The third-order valence-corrected chi connectivity index (χ3v) is 10.8. The van der Waals surface area contributed by atoms with Crippen LogP contribution in [0.15, 0.2) is 35.4 Å². The van der Waals surface area contributed by atoms with Gasteiger partial charge in [0.1, 0.15) is 35.6 Å². The van der Waals surface area contributed by atoms with Crippen molar-refractivity contribution in [1.29, 1.82) is 0 Å². The number of esters is 1. The number of nitrogens with one attached hydrogen (secondary N) is 1. The van der Waals surface area contributed by atoms with Crippen LogP contribution in [0.3, 0.4) is 0 Å². The Kier molecular flexibility index (Phi) is 3.53. The second-order valence-corrected chi connectivity index (χ2v) is 12.2. The molecular formula is C27H32N2O6. The molecule has 8 rings (SSSR count). The van der Waals surface area contributed by atoms with Crippen molar-refractivity contribution in [2.24, 2.45) is 17.3 Å². The summed E-state index contributed by atoms with van der Waals surface area (Å²) in [6, 6.07) is 7.55. The number of ether oxygens (including phenoxy) is 4. The van der Waals surface area contributed by atoms with Crippen molar-refractivity contribution in [2.75, 3.05) is 24.2 Å². The van der Waals surface area contributed by atoms with Crippen molar-refractivity contribution < 1.29 is 28.8 Å². The van der Waals surface area contributed by atoms with Crippen molar-refractivity contribution in [3.63, 3.8) is 0 Å². The van der Waals surface area contributed by atoms with E-state index in [1.165, 1.54) is 0 Å². The summed E-state index contributed by atoms with van der Waals surface area (Å²) in [5, 5.41) is 16.3. The van der Waals surface area contributed by atoms with Gasteiger partial charge in [0, 0.05) is 28.9 Å². The number of anilines is 2. The molecule has 4 aliphatic heterocycles. The molecule has 7 aliphatic rings. The lowest BCUT2D eigenvalue weighted by atomic mass is 9.44. The smallest absolute Gasteiger partial charge is 0.334 e. The van der Waals surface area contributed by atoms with Crippen LogP contribution in [0.5, 0.6) is 0 Å². The molecule has 4 heterocycles. The van der Waals surface area contributed by atoms with Crippen LogP contribution in [0.25, 0.3) is 0 Å². The zero-order valence-electron chi connectivity index (χ0n) is 20.3. The van der Waals surface area contributed by atoms with Gasteiger partial charge in [0.25, 0.3) is 0 Å². The van der Waals surface area contributed by atoms with Gasteiger partial charge >= 0.3 is 5.97 Å². The first-order chi connectivity index (χ1) is 16.7. The van der Waals surface area contributed by atoms with Crippen LogP contribution < -0.4 is 11.1 Å². The van der Waals surface area contributed by atoms with Crippen LogP contribution in [0.4, 0.5) is 11.4 Å². The molecule has 8 heteroatoms. The molecule has 9 atom stereocenters. The maximum absolute atomic E-state index is 12.8. The summed E-state index contributed by atoms with van der Waals surface area (Å²) in [6.07, 6.45) is 1.80. The second kappa shape index (κ2) is 5.88. The Hall–Kier alpha value is -2.13. The number of cyclic esters (lactones) is 1.